The average Bonchev–Trinajstić information content (AvgIpc) is 2.92. The maximum absolute atomic E-state index is 12.9. The van der Waals surface area contributed by atoms with E-state index in [-0.39, 0.29) is 6.10 Å². The predicted molar refractivity (Wildman–Crippen MR) is 68.2 cm³/mol. The second-order valence-corrected chi connectivity index (χ2v) is 5.25. The summed E-state index contributed by atoms with van der Waals surface area (Å²) < 4.78 is 44.3. The van der Waals surface area contributed by atoms with Gasteiger partial charge in [0, 0.05) is 12.0 Å². The Balaban J connectivity index is 2.20. The fraction of sp³-hybridized carbons (Fsp3) is 0.214. The Kier molecular flexibility index (Phi) is 2.82. The van der Waals surface area contributed by atoms with Crippen LogP contribution in [0.5, 0.6) is 5.75 Å². The number of thiophene rings is 1. The first-order valence-electron chi connectivity index (χ1n) is 5.71. The lowest BCUT2D eigenvalue weighted by atomic mass is 9.99. The van der Waals surface area contributed by atoms with Crippen LogP contribution in [0.25, 0.3) is 11.1 Å². The van der Waals surface area contributed by atoms with Crippen LogP contribution < -0.4 is 4.74 Å². The van der Waals surface area contributed by atoms with Gasteiger partial charge in [-0.3, -0.25) is 0 Å². The summed E-state index contributed by atoms with van der Waals surface area (Å²) in [5.74, 6) is 0.534. The molecule has 0 saturated heterocycles. The number of hydrogen-bond acceptors (Lipinski definition) is 2. The van der Waals surface area contributed by atoms with Crippen molar-refractivity contribution in [1.29, 1.82) is 0 Å². The molecule has 0 amide bonds. The van der Waals surface area contributed by atoms with Crippen LogP contribution in [0.3, 0.4) is 0 Å². The molecule has 0 saturated carbocycles. The molecule has 5 heteroatoms. The molecule has 1 atom stereocenters. The van der Waals surface area contributed by atoms with Crippen molar-refractivity contribution >= 4 is 11.3 Å². The van der Waals surface area contributed by atoms with Crippen molar-refractivity contribution in [3.05, 3.63) is 47.0 Å². The number of alkyl halides is 3. The SMILES string of the molecule is [CH2]C1Cc2cc(C(F)(F)F)cc(-c3ccsc3)c2O1. The standard InChI is InChI=1S/C14H10F3OS/c1-8-4-10-5-11(14(15,16)17)6-12(13(10)18-8)9-2-3-19-7-9/h2-3,5-8H,1,4H2. The van der Waals surface area contributed by atoms with E-state index in [1.165, 1.54) is 11.3 Å². The van der Waals surface area contributed by atoms with Gasteiger partial charge < -0.3 is 4.74 Å². The molecule has 1 unspecified atom stereocenters. The van der Waals surface area contributed by atoms with Crippen molar-refractivity contribution in [2.45, 2.75) is 18.7 Å². The highest BCUT2D eigenvalue weighted by molar-refractivity contribution is 7.08. The third-order valence-electron chi connectivity index (χ3n) is 3.06. The van der Waals surface area contributed by atoms with Gasteiger partial charge in [0.2, 0.25) is 0 Å². The second kappa shape index (κ2) is 4.27. The van der Waals surface area contributed by atoms with Crippen LogP contribution in [-0.2, 0) is 12.6 Å². The van der Waals surface area contributed by atoms with Crippen molar-refractivity contribution in [1.82, 2.24) is 0 Å². The van der Waals surface area contributed by atoms with Crippen molar-refractivity contribution in [3.8, 4) is 16.9 Å². The van der Waals surface area contributed by atoms with Gasteiger partial charge in [0.15, 0.2) is 0 Å². The molecule has 3 rings (SSSR count). The minimum atomic E-state index is -4.35. The number of halogens is 3. The molecule has 2 heterocycles. The van der Waals surface area contributed by atoms with Gasteiger partial charge in [-0.15, -0.1) is 0 Å². The van der Waals surface area contributed by atoms with E-state index in [9.17, 15) is 13.2 Å². The molecule has 1 nitrogen and oxygen atoms in total. The first-order valence-corrected chi connectivity index (χ1v) is 6.66. The molecule has 2 aromatic rings. The molecule has 1 aromatic heterocycles. The van der Waals surface area contributed by atoms with E-state index in [2.05, 4.69) is 6.92 Å². The van der Waals surface area contributed by atoms with Gasteiger partial charge >= 0.3 is 6.18 Å². The predicted octanol–water partition coefficient (Wildman–Crippen LogP) is 4.57. The lowest BCUT2D eigenvalue weighted by Crippen LogP contribution is -2.06. The first kappa shape index (κ1) is 12.5. The minimum Gasteiger partial charge on any atom is -0.489 e. The van der Waals surface area contributed by atoms with E-state index in [0.717, 1.165) is 17.7 Å². The Morgan fingerprint density at radius 1 is 1.32 bits per heavy atom. The van der Waals surface area contributed by atoms with Gasteiger partial charge in [0.25, 0.3) is 0 Å². The molecule has 99 valence electrons. The highest BCUT2D eigenvalue weighted by Gasteiger charge is 2.34. The molecule has 0 spiro atoms. The summed E-state index contributed by atoms with van der Waals surface area (Å²) in [6.07, 6.45) is -4.26. The largest absolute Gasteiger partial charge is 0.489 e. The molecule has 1 aliphatic rings. The van der Waals surface area contributed by atoms with Gasteiger partial charge in [-0.2, -0.15) is 24.5 Å². The molecule has 0 bridgehead atoms. The molecular weight excluding hydrogens is 273 g/mol. The molecule has 1 aromatic carbocycles. The summed E-state index contributed by atoms with van der Waals surface area (Å²) in [7, 11) is 0. The van der Waals surface area contributed by atoms with Crippen molar-refractivity contribution in [2.24, 2.45) is 0 Å². The zero-order valence-corrected chi connectivity index (χ0v) is 10.6. The molecule has 0 N–H and O–H groups in total. The maximum Gasteiger partial charge on any atom is 0.416 e. The zero-order valence-electron chi connectivity index (χ0n) is 9.83. The van der Waals surface area contributed by atoms with Crippen LogP contribution >= 0.6 is 11.3 Å². The van der Waals surface area contributed by atoms with Gasteiger partial charge in [-0.1, -0.05) is 0 Å². The Hall–Kier alpha value is -1.49. The van der Waals surface area contributed by atoms with E-state index >= 15 is 0 Å². The Morgan fingerprint density at radius 2 is 2.11 bits per heavy atom. The molecular formula is C14H10F3OS. The van der Waals surface area contributed by atoms with Crippen molar-refractivity contribution in [2.75, 3.05) is 0 Å². The minimum absolute atomic E-state index is 0.323. The fourth-order valence-corrected chi connectivity index (χ4v) is 2.89. The molecule has 0 aliphatic carbocycles. The lowest BCUT2D eigenvalue weighted by molar-refractivity contribution is -0.137. The topological polar surface area (TPSA) is 9.23 Å². The summed E-state index contributed by atoms with van der Waals surface area (Å²) in [6, 6.07) is 4.11. The monoisotopic (exact) mass is 283 g/mol. The third-order valence-corrected chi connectivity index (χ3v) is 3.74. The average molecular weight is 283 g/mol. The van der Waals surface area contributed by atoms with Crippen LogP contribution in [0.4, 0.5) is 13.2 Å². The summed E-state index contributed by atoms with van der Waals surface area (Å²) in [5, 5.41) is 3.65. The quantitative estimate of drug-likeness (QED) is 0.745. The van der Waals surface area contributed by atoms with Gasteiger partial charge in [-0.05, 0) is 47.0 Å². The normalized spacial score (nSPS) is 18.2. The van der Waals surface area contributed by atoms with Crippen LogP contribution in [0.2, 0.25) is 0 Å². The number of benzene rings is 1. The number of ether oxygens (including phenoxy) is 1. The first-order chi connectivity index (χ1) is 8.95. The smallest absolute Gasteiger partial charge is 0.416 e. The van der Waals surface area contributed by atoms with E-state index in [1.807, 2.05) is 10.8 Å². The molecule has 1 aliphatic heterocycles. The Morgan fingerprint density at radius 3 is 2.74 bits per heavy atom. The maximum atomic E-state index is 12.9. The zero-order chi connectivity index (χ0) is 13.6. The number of fused-ring (bicyclic) bond motifs is 1. The summed E-state index contributed by atoms with van der Waals surface area (Å²) >= 11 is 1.44. The second-order valence-electron chi connectivity index (χ2n) is 4.47. The molecule has 1 radical (unpaired) electrons. The fourth-order valence-electron chi connectivity index (χ4n) is 2.23. The Bertz CT molecular complexity index is 602. The van der Waals surface area contributed by atoms with Crippen molar-refractivity contribution in [3.63, 3.8) is 0 Å². The molecule has 0 fully saturated rings. The number of hydrogen-bond donors (Lipinski definition) is 0. The van der Waals surface area contributed by atoms with Crippen LogP contribution in [0.15, 0.2) is 29.0 Å². The van der Waals surface area contributed by atoms with Gasteiger partial charge in [0.1, 0.15) is 11.9 Å². The summed E-state index contributed by atoms with van der Waals surface area (Å²) in [4.78, 5) is 0. The summed E-state index contributed by atoms with van der Waals surface area (Å²) in [5.41, 5.74) is 1.19. The van der Waals surface area contributed by atoms with Gasteiger partial charge in [-0.25, -0.2) is 0 Å². The van der Waals surface area contributed by atoms with Crippen molar-refractivity contribution < 1.29 is 17.9 Å². The highest BCUT2D eigenvalue weighted by Crippen LogP contribution is 2.43. The highest BCUT2D eigenvalue weighted by atomic mass is 32.1. The van der Waals surface area contributed by atoms with Crippen LogP contribution in [0.1, 0.15) is 11.1 Å². The lowest BCUT2D eigenvalue weighted by Gasteiger charge is -2.13. The van der Waals surface area contributed by atoms with E-state index in [4.69, 9.17) is 4.74 Å². The van der Waals surface area contributed by atoms with E-state index < -0.39 is 11.7 Å². The molecule has 19 heavy (non-hydrogen) atoms. The summed E-state index contributed by atoms with van der Waals surface area (Å²) in [6.45, 7) is 3.77. The number of rotatable bonds is 1. The van der Waals surface area contributed by atoms with Crippen LogP contribution in [0, 0.1) is 6.92 Å². The van der Waals surface area contributed by atoms with E-state index in [0.29, 0.717) is 23.3 Å². The Labute approximate surface area is 112 Å². The van der Waals surface area contributed by atoms with Crippen LogP contribution in [-0.4, -0.2) is 6.10 Å². The third kappa shape index (κ3) is 2.23. The van der Waals surface area contributed by atoms with Gasteiger partial charge in [0.05, 0.1) is 5.56 Å². The van der Waals surface area contributed by atoms with E-state index in [1.54, 1.807) is 6.07 Å².